The molecule has 0 unspecified atom stereocenters. The molecule has 8 heteroatoms. The fourth-order valence-corrected chi connectivity index (χ4v) is 2.45. The molecule has 1 N–H and O–H groups in total. The Morgan fingerprint density at radius 1 is 1.25 bits per heavy atom. The molecule has 126 valence electrons. The number of nitrogens with one attached hydrogen (secondary N) is 1. The van der Waals surface area contributed by atoms with Gasteiger partial charge in [-0.15, -0.1) is 0 Å². The van der Waals surface area contributed by atoms with Crippen molar-refractivity contribution in [3.05, 3.63) is 61.6 Å². The highest BCUT2D eigenvalue weighted by molar-refractivity contribution is 6.40. The first-order chi connectivity index (χ1) is 11.3. The molecule has 24 heavy (non-hydrogen) atoms. The first kappa shape index (κ1) is 18.0. The third-order valence-corrected chi connectivity index (χ3v) is 4.02. The minimum atomic E-state index is -0.561. The molecule has 0 saturated carbocycles. The minimum absolute atomic E-state index is 0.0159. The summed E-state index contributed by atoms with van der Waals surface area (Å²) < 4.78 is 5.26. The van der Waals surface area contributed by atoms with Crippen molar-refractivity contribution in [3.63, 3.8) is 0 Å². The van der Waals surface area contributed by atoms with Gasteiger partial charge in [-0.05, 0) is 37.1 Å². The van der Waals surface area contributed by atoms with Gasteiger partial charge in [-0.1, -0.05) is 35.3 Å². The van der Waals surface area contributed by atoms with Crippen LogP contribution in [0.5, 0.6) is 5.75 Å². The van der Waals surface area contributed by atoms with Gasteiger partial charge in [0.05, 0.1) is 20.7 Å². The van der Waals surface area contributed by atoms with E-state index in [0.29, 0.717) is 10.0 Å². The molecule has 0 aromatic heterocycles. The van der Waals surface area contributed by atoms with Crippen molar-refractivity contribution in [1.82, 2.24) is 0 Å². The van der Waals surface area contributed by atoms with Crippen LogP contribution in [0.2, 0.25) is 10.0 Å². The molecule has 0 fully saturated rings. The number of hydrogen-bond donors (Lipinski definition) is 1. The highest BCUT2D eigenvalue weighted by atomic mass is 35.5. The van der Waals surface area contributed by atoms with Crippen LogP contribution in [0.3, 0.4) is 0 Å². The Bertz CT molecular complexity index is 809. The summed E-state index contributed by atoms with van der Waals surface area (Å²) >= 11 is 12.1. The van der Waals surface area contributed by atoms with E-state index in [2.05, 4.69) is 5.32 Å². The van der Waals surface area contributed by atoms with Gasteiger partial charge in [0.2, 0.25) is 0 Å². The Morgan fingerprint density at radius 3 is 2.62 bits per heavy atom. The summed E-state index contributed by atoms with van der Waals surface area (Å²) in [5.41, 5.74) is 1.56. The fourth-order valence-electron chi connectivity index (χ4n) is 1.98. The highest BCUT2D eigenvalue weighted by Gasteiger charge is 2.17. The van der Waals surface area contributed by atoms with Gasteiger partial charge in [-0.3, -0.25) is 14.9 Å². The van der Waals surface area contributed by atoms with Crippen LogP contribution in [0.4, 0.5) is 11.4 Å². The molecular formula is C16H14Cl2N2O4. The third-order valence-electron chi connectivity index (χ3n) is 3.22. The molecule has 0 aliphatic heterocycles. The molecule has 2 rings (SSSR count). The standard InChI is InChI=1S/C16H14Cl2N2O4/c1-9-3-6-13(12(7-9)20(22)23)24-8-14(21)19-16-11(17)5-4-10(2)15(16)18/h3-7H,8H2,1-2H3,(H,19,21). The number of aryl methyl sites for hydroxylation is 2. The number of rotatable bonds is 5. The fraction of sp³-hybridized carbons (Fsp3) is 0.188. The van der Waals surface area contributed by atoms with Crippen LogP contribution < -0.4 is 10.1 Å². The minimum Gasteiger partial charge on any atom is -0.477 e. The van der Waals surface area contributed by atoms with Crippen molar-refractivity contribution < 1.29 is 14.5 Å². The van der Waals surface area contributed by atoms with Gasteiger partial charge in [0.25, 0.3) is 5.91 Å². The molecule has 0 radical (unpaired) electrons. The number of nitro groups is 1. The van der Waals surface area contributed by atoms with Crippen molar-refractivity contribution in [1.29, 1.82) is 0 Å². The Hall–Kier alpha value is -2.31. The van der Waals surface area contributed by atoms with Crippen LogP contribution in [0.25, 0.3) is 0 Å². The Balaban J connectivity index is 2.10. The van der Waals surface area contributed by atoms with Gasteiger partial charge in [-0.25, -0.2) is 0 Å². The number of halogens is 2. The lowest BCUT2D eigenvalue weighted by Gasteiger charge is -2.12. The van der Waals surface area contributed by atoms with Crippen LogP contribution in [0, 0.1) is 24.0 Å². The first-order valence-corrected chi connectivity index (χ1v) is 7.67. The van der Waals surface area contributed by atoms with E-state index >= 15 is 0 Å². The van der Waals surface area contributed by atoms with Crippen molar-refractivity contribution in [2.24, 2.45) is 0 Å². The monoisotopic (exact) mass is 368 g/mol. The third kappa shape index (κ3) is 4.15. The summed E-state index contributed by atoms with van der Waals surface area (Å²) in [6.45, 7) is 3.09. The van der Waals surface area contributed by atoms with Gasteiger partial charge < -0.3 is 10.1 Å². The molecule has 0 spiro atoms. The largest absolute Gasteiger partial charge is 0.477 e. The zero-order valence-corrected chi connectivity index (χ0v) is 14.4. The summed E-state index contributed by atoms with van der Waals surface area (Å²) in [6, 6.07) is 7.83. The van der Waals surface area contributed by atoms with Crippen LogP contribution >= 0.6 is 23.2 Å². The molecule has 6 nitrogen and oxygen atoms in total. The topological polar surface area (TPSA) is 81.5 Å². The van der Waals surface area contributed by atoms with Gasteiger partial charge in [0, 0.05) is 6.07 Å². The number of nitrogens with zero attached hydrogens (tertiary/aromatic N) is 1. The lowest BCUT2D eigenvalue weighted by molar-refractivity contribution is -0.385. The van der Waals surface area contributed by atoms with Gasteiger partial charge in [-0.2, -0.15) is 0 Å². The van der Waals surface area contributed by atoms with E-state index in [0.717, 1.165) is 11.1 Å². The second-order valence-electron chi connectivity index (χ2n) is 5.12. The second kappa shape index (κ2) is 7.51. The summed E-state index contributed by atoms with van der Waals surface area (Å²) in [7, 11) is 0. The van der Waals surface area contributed by atoms with E-state index in [1.807, 2.05) is 0 Å². The SMILES string of the molecule is Cc1ccc(OCC(=O)Nc2c(Cl)ccc(C)c2Cl)c([N+](=O)[O-])c1. The summed E-state index contributed by atoms with van der Waals surface area (Å²) in [6.07, 6.45) is 0. The maximum absolute atomic E-state index is 12.0. The van der Waals surface area contributed by atoms with E-state index in [-0.39, 0.29) is 17.1 Å². The molecular weight excluding hydrogens is 355 g/mol. The zero-order valence-electron chi connectivity index (χ0n) is 12.9. The van der Waals surface area contributed by atoms with E-state index in [1.54, 1.807) is 32.0 Å². The molecule has 1 amide bonds. The number of carbonyl (C=O) groups is 1. The second-order valence-corrected chi connectivity index (χ2v) is 5.90. The number of nitro benzene ring substituents is 1. The van der Waals surface area contributed by atoms with Gasteiger partial charge >= 0.3 is 5.69 Å². The van der Waals surface area contributed by atoms with Gasteiger partial charge in [0.15, 0.2) is 12.4 Å². The maximum Gasteiger partial charge on any atom is 0.311 e. The molecule has 0 aliphatic rings. The quantitative estimate of drug-likeness (QED) is 0.620. The van der Waals surface area contributed by atoms with E-state index in [1.165, 1.54) is 12.1 Å². The van der Waals surface area contributed by atoms with Crippen LogP contribution in [-0.4, -0.2) is 17.4 Å². The smallest absolute Gasteiger partial charge is 0.311 e. The number of carbonyl (C=O) groups excluding carboxylic acids is 1. The Morgan fingerprint density at radius 2 is 1.96 bits per heavy atom. The number of amides is 1. The van der Waals surface area contributed by atoms with Crippen molar-refractivity contribution in [2.75, 3.05) is 11.9 Å². The van der Waals surface area contributed by atoms with Crippen molar-refractivity contribution in [3.8, 4) is 5.75 Å². The van der Waals surface area contributed by atoms with Crippen molar-refractivity contribution in [2.45, 2.75) is 13.8 Å². The molecule has 0 heterocycles. The molecule has 0 bridgehead atoms. The van der Waals surface area contributed by atoms with Crippen LogP contribution in [0.15, 0.2) is 30.3 Å². The summed E-state index contributed by atoms with van der Waals surface area (Å²) in [5, 5.41) is 14.2. The Kier molecular flexibility index (Phi) is 5.64. The van der Waals surface area contributed by atoms with Gasteiger partial charge in [0.1, 0.15) is 0 Å². The van der Waals surface area contributed by atoms with E-state index in [9.17, 15) is 14.9 Å². The zero-order chi connectivity index (χ0) is 17.9. The molecule has 0 saturated heterocycles. The first-order valence-electron chi connectivity index (χ1n) is 6.92. The molecule has 0 aliphatic carbocycles. The Labute approximate surface area is 148 Å². The molecule has 2 aromatic rings. The molecule has 2 aromatic carbocycles. The lowest BCUT2D eigenvalue weighted by Crippen LogP contribution is -2.21. The summed E-state index contributed by atoms with van der Waals surface area (Å²) in [5.74, 6) is -0.513. The molecule has 0 atom stereocenters. The highest BCUT2D eigenvalue weighted by Crippen LogP contribution is 2.33. The number of anilines is 1. The summed E-state index contributed by atoms with van der Waals surface area (Å²) in [4.78, 5) is 22.5. The average molecular weight is 369 g/mol. The predicted octanol–water partition coefficient (Wildman–Crippen LogP) is 4.54. The van der Waals surface area contributed by atoms with E-state index < -0.39 is 17.4 Å². The number of ether oxygens (including phenoxy) is 1. The average Bonchev–Trinajstić information content (AvgIpc) is 2.54. The van der Waals surface area contributed by atoms with E-state index in [4.69, 9.17) is 27.9 Å². The van der Waals surface area contributed by atoms with Crippen molar-refractivity contribution >= 4 is 40.5 Å². The maximum atomic E-state index is 12.0. The number of hydrogen-bond acceptors (Lipinski definition) is 4. The van der Waals surface area contributed by atoms with Crippen LogP contribution in [-0.2, 0) is 4.79 Å². The normalized spacial score (nSPS) is 10.3. The number of benzene rings is 2. The van der Waals surface area contributed by atoms with Crippen LogP contribution in [0.1, 0.15) is 11.1 Å². The lowest BCUT2D eigenvalue weighted by atomic mass is 10.2. The predicted molar refractivity (Wildman–Crippen MR) is 93.2 cm³/mol.